The lowest BCUT2D eigenvalue weighted by Gasteiger charge is -2.37. The molecule has 1 rings (SSSR count). The zero-order valence-corrected chi connectivity index (χ0v) is 12.4. The number of ether oxygens (including phenoxy) is 1. The topological polar surface area (TPSA) is 46.6 Å². The molecule has 1 aliphatic heterocycles. The molecule has 18 heavy (non-hydrogen) atoms. The van der Waals surface area contributed by atoms with Gasteiger partial charge in [0.15, 0.2) is 5.78 Å². The highest BCUT2D eigenvalue weighted by Gasteiger charge is 2.37. The molecule has 1 unspecified atom stereocenters. The fourth-order valence-electron chi connectivity index (χ4n) is 2.22. The average Bonchev–Trinajstić information content (AvgIpc) is 2.12. The standard InChI is InChI=1S/C14H25NO3/c1-13(2,3)10-7-8-15(9-11(10)16)12(17)18-14(4,5)6/h10H,7-9H2,1-6H3. The molecule has 1 saturated heterocycles. The molecule has 0 aromatic heterocycles. The summed E-state index contributed by atoms with van der Waals surface area (Å²) in [6, 6.07) is 0. The molecular weight excluding hydrogens is 230 g/mol. The molecule has 1 aliphatic rings. The molecule has 0 N–H and O–H groups in total. The monoisotopic (exact) mass is 255 g/mol. The first-order valence-electron chi connectivity index (χ1n) is 6.51. The van der Waals surface area contributed by atoms with Gasteiger partial charge in [-0.05, 0) is 32.6 Å². The zero-order chi connectivity index (χ0) is 14.1. The second kappa shape index (κ2) is 4.90. The van der Waals surface area contributed by atoms with Crippen LogP contribution in [0.4, 0.5) is 4.79 Å². The highest BCUT2D eigenvalue weighted by molar-refractivity contribution is 5.87. The lowest BCUT2D eigenvalue weighted by molar-refractivity contribution is -0.130. The zero-order valence-electron chi connectivity index (χ0n) is 12.4. The fraction of sp³-hybridized carbons (Fsp3) is 0.857. The molecule has 0 radical (unpaired) electrons. The van der Waals surface area contributed by atoms with E-state index in [1.807, 2.05) is 20.8 Å². The third-order valence-electron chi connectivity index (χ3n) is 3.12. The minimum absolute atomic E-state index is 0.0306. The first kappa shape index (κ1) is 15.0. The van der Waals surface area contributed by atoms with Crippen molar-refractivity contribution in [3.05, 3.63) is 0 Å². The van der Waals surface area contributed by atoms with E-state index in [2.05, 4.69) is 20.8 Å². The number of nitrogens with zero attached hydrogens (tertiary/aromatic N) is 1. The van der Waals surface area contributed by atoms with Crippen LogP contribution in [-0.2, 0) is 9.53 Å². The van der Waals surface area contributed by atoms with Gasteiger partial charge in [0.2, 0.25) is 0 Å². The summed E-state index contributed by atoms with van der Waals surface area (Å²) in [6.07, 6.45) is 0.338. The van der Waals surface area contributed by atoms with Gasteiger partial charge in [-0.3, -0.25) is 4.79 Å². The van der Waals surface area contributed by atoms with Gasteiger partial charge < -0.3 is 9.64 Å². The lowest BCUT2D eigenvalue weighted by atomic mass is 9.74. The number of likely N-dealkylation sites (tertiary alicyclic amines) is 1. The fourth-order valence-corrected chi connectivity index (χ4v) is 2.22. The van der Waals surface area contributed by atoms with Crippen LogP contribution in [0.25, 0.3) is 0 Å². The van der Waals surface area contributed by atoms with Crippen molar-refractivity contribution >= 4 is 11.9 Å². The molecule has 1 fully saturated rings. The molecule has 0 aromatic rings. The van der Waals surface area contributed by atoms with E-state index in [0.717, 1.165) is 6.42 Å². The van der Waals surface area contributed by atoms with Crippen LogP contribution in [0, 0.1) is 11.3 Å². The number of rotatable bonds is 0. The predicted molar refractivity (Wildman–Crippen MR) is 70.4 cm³/mol. The summed E-state index contributed by atoms with van der Waals surface area (Å²) >= 11 is 0. The number of hydrogen-bond acceptors (Lipinski definition) is 3. The molecule has 4 heteroatoms. The van der Waals surface area contributed by atoms with E-state index in [9.17, 15) is 9.59 Å². The normalized spacial score (nSPS) is 22.0. The molecule has 104 valence electrons. The Balaban J connectivity index is 2.62. The van der Waals surface area contributed by atoms with E-state index in [1.54, 1.807) is 0 Å². The number of hydrogen-bond donors (Lipinski definition) is 0. The van der Waals surface area contributed by atoms with Gasteiger partial charge in [0.25, 0.3) is 0 Å². The Hall–Kier alpha value is -1.06. The Morgan fingerprint density at radius 3 is 2.17 bits per heavy atom. The number of amides is 1. The van der Waals surface area contributed by atoms with Crippen molar-refractivity contribution in [1.82, 2.24) is 4.90 Å². The molecule has 0 saturated carbocycles. The summed E-state index contributed by atoms with van der Waals surface area (Å²) in [5, 5.41) is 0. The smallest absolute Gasteiger partial charge is 0.410 e. The van der Waals surface area contributed by atoms with Gasteiger partial charge >= 0.3 is 6.09 Å². The maximum absolute atomic E-state index is 12.1. The third kappa shape index (κ3) is 4.00. The van der Waals surface area contributed by atoms with E-state index in [-0.39, 0.29) is 29.8 Å². The first-order chi connectivity index (χ1) is 8.00. The number of carbonyl (C=O) groups is 2. The van der Waals surface area contributed by atoms with Crippen molar-refractivity contribution in [2.75, 3.05) is 13.1 Å². The van der Waals surface area contributed by atoms with Crippen LogP contribution in [0.2, 0.25) is 0 Å². The van der Waals surface area contributed by atoms with Crippen molar-refractivity contribution in [3.8, 4) is 0 Å². The number of carbonyl (C=O) groups excluding carboxylic acids is 2. The molecule has 1 heterocycles. The molecule has 0 aromatic carbocycles. The van der Waals surface area contributed by atoms with Gasteiger partial charge in [-0.2, -0.15) is 0 Å². The largest absolute Gasteiger partial charge is 0.444 e. The number of Topliss-reactive ketones (excluding diaryl/α,β-unsaturated/α-hetero) is 1. The van der Waals surface area contributed by atoms with Crippen molar-refractivity contribution in [1.29, 1.82) is 0 Å². The van der Waals surface area contributed by atoms with Crippen LogP contribution in [-0.4, -0.2) is 35.5 Å². The van der Waals surface area contributed by atoms with Gasteiger partial charge in [-0.25, -0.2) is 4.79 Å². The molecule has 1 atom stereocenters. The van der Waals surface area contributed by atoms with Crippen LogP contribution in [0.3, 0.4) is 0 Å². The Labute approximate surface area is 110 Å². The SMILES string of the molecule is CC(C)(C)OC(=O)N1CCC(C(C)(C)C)C(=O)C1. The van der Waals surface area contributed by atoms with Crippen molar-refractivity contribution < 1.29 is 14.3 Å². The Kier molecular flexibility index (Phi) is 4.08. The molecular formula is C14H25NO3. The molecule has 0 aliphatic carbocycles. The maximum Gasteiger partial charge on any atom is 0.410 e. The van der Waals surface area contributed by atoms with E-state index in [0.29, 0.717) is 6.54 Å². The Morgan fingerprint density at radius 1 is 1.22 bits per heavy atom. The van der Waals surface area contributed by atoms with Crippen molar-refractivity contribution in [2.45, 2.75) is 53.6 Å². The van der Waals surface area contributed by atoms with Crippen LogP contribution in [0.15, 0.2) is 0 Å². The molecule has 1 amide bonds. The second-order valence-corrected chi connectivity index (χ2v) is 7.08. The van der Waals surface area contributed by atoms with E-state index >= 15 is 0 Å². The van der Waals surface area contributed by atoms with Gasteiger partial charge in [0.1, 0.15) is 5.60 Å². The van der Waals surface area contributed by atoms with Crippen molar-refractivity contribution in [2.24, 2.45) is 11.3 Å². The lowest BCUT2D eigenvalue weighted by Crippen LogP contribution is -2.48. The predicted octanol–water partition coefficient (Wildman–Crippen LogP) is 2.86. The van der Waals surface area contributed by atoms with Gasteiger partial charge in [0.05, 0.1) is 6.54 Å². The summed E-state index contributed by atoms with van der Waals surface area (Å²) in [5.41, 5.74) is -0.544. The van der Waals surface area contributed by atoms with Gasteiger partial charge in [-0.1, -0.05) is 20.8 Å². The van der Waals surface area contributed by atoms with E-state index < -0.39 is 5.60 Å². The van der Waals surface area contributed by atoms with Gasteiger partial charge in [0, 0.05) is 12.5 Å². The molecule has 0 bridgehead atoms. The van der Waals surface area contributed by atoms with E-state index in [4.69, 9.17) is 4.74 Å². The van der Waals surface area contributed by atoms with Crippen LogP contribution in [0.5, 0.6) is 0 Å². The summed E-state index contributed by atoms with van der Waals surface area (Å²) in [6.45, 7) is 12.5. The van der Waals surface area contributed by atoms with Crippen LogP contribution >= 0.6 is 0 Å². The summed E-state index contributed by atoms with van der Waals surface area (Å²) in [4.78, 5) is 25.4. The Morgan fingerprint density at radius 2 is 1.78 bits per heavy atom. The van der Waals surface area contributed by atoms with E-state index in [1.165, 1.54) is 4.90 Å². The number of ketones is 1. The molecule has 0 spiro atoms. The summed E-state index contributed by atoms with van der Waals surface area (Å²) in [5.74, 6) is 0.177. The molecule has 4 nitrogen and oxygen atoms in total. The van der Waals surface area contributed by atoms with Crippen LogP contribution < -0.4 is 0 Å². The number of piperidine rings is 1. The third-order valence-corrected chi connectivity index (χ3v) is 3.12. The maximum atomic E-state index is 12.1. The minimum Gasteiger partial charge on any atom is -0.444 e. The quantitative estimate of drug-likeness (QED) is 0.668. The van der Waals surface area contributed by atoms with Crippen LogP contribution in [0.1, 0.15) is 48.0 Å². The second-order valence-electron chi connectivity index (χ2n) is 7.08. The highest BCUT2D eigenvalue weighted by atomic mass is 16.6. The Bertz CT molecular complexity index is 334. The first-order valence-corrected chi connectivity index (χ1v) is 6.51. The summed E-state index contributed by atoms with van der Waals surface area (Å²) < 4.78 is 5.28. The van der Waals surface area contributed by atoms with Crippen molar-refractivity contribution in [3.63, 3.8) is 0 Å². The summed E-state index contributed by atoms with van der Waals surface area (Å²) in [7, 11) is 0. The highest BCUT2D eigenvalue weighted by Crippen LogP contribution is 2.32. The average molecular weight is 255 g/mol. The van der Waals surface area contributed by atoms with Gasteiger partial charge in [-0.15, -0.1) is 0 Å². The minimum atomic E-state index is -0.513.